The highest BCUT2D eigenvalue weighted by Crippen LogP contribution is 2.32. The normalized spacial score (nSPS) is 17.4. The third kappa shape index (κ3) is 4.04. The first-order chi connectivity index (χ1) is 11.9. The van der Waals surface area contributed by atoms with Gasteiger partial charge in [0, 0.05) is 29.3 Å². The van der Waals surface area contributed by atoms with Gasteiger partial charge in [-0.05, 0) is 36.8 Å². The number of nitrogens with zero attached hydrogens (tertiary/aromatic N) is 3. The maximum atomic E-state index is 13.1. The quantitative estimate of drug-likeness (QED) is 0.813. The minimum Gasteiger partial charge on any atom is -0.380 e. The predicted molar refractivity (Wildman–Crippen MR) is 92.3 cm³/mol. The van der Waals surface area contributed by atoms with Crippen molar-refractivity contribution in [3.63, 3.8) is 0 Å². The number of rotatable bonds is 3. The van der Waals surface area contributed by atoms with Gasteiger partial charge >= 0.3 is 6.18 Å². The molecule has 130 valence electrons. The Hall–Kier alpha value is -2.27. The highest BCUT2D eigenvalue weighted by molar-refractivity contribution is 9.10. The molecule has 1 fully saturated rings. The van der Waals surface area contributed by atoms with E-state index in [4.69, 9.17) is 5.26 Å². The molecule has 1 N–H and O–H groups in total. The Morgan fingerprint density at radius 2 is 2.08 bits per heavy atom. The number of nitrogens with one attached hydrogen (secondary N) is 1. The third-order valence-electron chi connectivity index (χ3n) is 3.98. The molecule has 0 bridgehead atoms. The first-order valence-corrected chi connectivity index (χ1v) is 8.41. The summed E-state index contributed by atoms with van der Waals surface area (Å²) in [7, 11) is 0. The van der Waals surface area contributed by atoms with Gasteiger partial charge in [0.05, 0.1) is 5.56 Å². The molecule has 2 aromatic rings. The number of pyridine rings is 1. The SMILES string of the molecule is N#Cc1ccc(N2CCC(Nc3cccc(Br)c3)C2)nc1C(F)(F)F. The molecule has 4 nitrogen and oxygen atoms in total. The lowest BCUT2D eigenvalue weighted by Crippen LogP contribution is -2.27. The summed E-state index contributed by atoms with van der Waals surface area (Å²) >= 11 is 3.41. The lowest BCUT2D eigenvalue weighted by Gasteiger charge is -2.20. The smallest absolute Gasteiger partial charge is 0.380 e. The van der Waals surface area contributed by atoms with Crippen LogP contribution in [0.25, 0.3) is 0 Å². The Bertz CT molecular complexity index is 816. The fraction of sp³-hybridized carbons (Fsp3) is 0.294. The van der Waals surface area contributed by atoms with Crippen molar-refractivity contribution in [2.24, 2.45) is 0 Å². The molecule has 8 heteroatoms. The van der Waals surface area contributed by atoms with Gasteiger partial charge in [0.2, 0.25) is 0 Å². The molecule has 25 heavy (non-hydrogen) atoms. The zero-order valence-electron chi connectivity index (χ0n) is 13.0. The largest absolute Gasteiger partial charge is 0.434 e. The molecule has 3 rings (SSSR count). The first kappa shape index (κ1) is 17.5. The van der Waals surface area contributed by atoms with Crippen molar-refractivity contribution in [3.05, 3.63) is 52.1 Å². The summed E-state index contributed by atoms with van der Waals surface area (Å²) in [5.74, 6) is 0.241. The summed E-state index contributed by atoms with van der Waals surface area (Å²) < 4.78 is 40.1. The van der Waals surface area contributed by atoms with Gasteiger partial charge in [-0.3, -0.25) is 0 Å². The molecule has 1 saturated heterocycles. The van der Waals surface area contributed by atoms with E-state index in [1.54, 1.807) is 11.0 Å². The van der Waals surface area contributed by atoms with Crippen molar-refractivity contribution >= 4 is 27.4 Å². The number of hydrogen-bond donors (Lipinski definition) is 1. The van der Waals surface area contributed by atoms with Crippen LogP contribution in [-0.4, -0.2) is 24.1 Å². The van der Waals surface area contributed by atoms with Gasteiger partial charge < -0.3 is 10.2 Å². The summed E-state index contributed by atoms with van der Waals surface area (Å²) in [4.78, 5) is 5.49. The Morgan fingerprint density at radius 3 is 2.76 bits per heavy atom. The molecule has 1 atom stereocenters. The Balaban J connectivity index is 1.75. The van der Waals surface area contributed by atoms with Crippen LogP contribution in [0, 0.1) is 11.3 Å². The number of aromatic nitrogens is 1. The van der Waals surface area contributed by atoms with Crippen LogP contribution in [0.5, 0.6) is 0 Å². The predicted octanol–water partition coefficient (Wildman–Crippen LogP) is 4.43. The van der Waals surface area contributed by atoms with Crippen molar-refractivity contribution in [3.8, 4) is 6.07 Å². The van der Waals surface area contributed by atoms with E-state index in [1.807, 2.05) is 24.3 Å². The van der Waals surface area contributed by atoms with Gasteiger partial charge in [-0.25, -0.2) is 4.98 Å². The minimum absolute atomic E-state index is 0.112. The van der Waals surface area contributed by atoms with E-state index < -0.39 is 17.4 Å². The monoisotopic (exact) mass is 410 g/mol. The first-order valence-electron chi connectivity index (χ1n) is 7.62. The number of halogens is 4. The van der Waals surface area contributed by atoms with Gasteiger partial charge in [-0.15, -0.1) is 0 Å². The number of alkyl halides is 3. The van der Waals surface area contributed by atoms with Crippen LogP contribution in [0.1, 0.15) is 17.7 Å². The zero-order chi connectivity index (χ0) is 18.0. The van der Waals surface area contributed by atoms with E-state index in [2.05, 4.69) is 26.2 Å². The van der Waals surface area contributed by atoms with Crippen LogP contribution >= 0.6 is 15.9 Å². The fourth-order valence-electron chi connectivity index (χ4n) is 2.83. The molecule has 0 spiro atoms. The van der Waals surface area contributed by atoms with Crippen LogP contribution in [0.15, 0.2) is 40.9 Å². The van der Waals surface area contributed by atoms with Gasteiger partial charge in [0.15, 0.2) is 5.69 Å². The number of anilines is 2. The Labute approximate surface area is 151 Å². The summed E-state index contributed by atoms with van der Waals surface area (Å²) in [6.45, 7) is 1.14. The van der Waals surface area contributed by atoms with E-state index in [1.165, 1.54) is 12.1 Å². The van der Waals surface area contributed by atoms with Gasteiger partial charge in [-0.2, -0.15) is 18.4 Å². The summed E-state index contributed by atoms with van der Waals surface area (Å²) in [6, 6.07) is 12.0. The van der Waals surface area contributed by atoms with Crippen molar-refractivity contribution in [2.75, 3.05) is 23.3 Å². The van der Waals surface area contributed by atoms with Crippen LogP contribution < -0.4 is 10.2 Å². The topological polar surface area (TPSA) is 52.0 Å². The second-order valence-corrected chi connectivity index (χ2v) is 6.68. The average molecular weight is 411 g/mol. The molecule has 1 aromatic heterocycles. The molecule has 1 unspecified atom stereocenters. The molecule has 1 aromatic carbocycles. The Kier molecular flexibility index (Phi) is 4.86. The molecule has 1 aliphatic heterocycles. The van der Waals surface area contributed by atoms with E-state index >= 15 is 0 Å². The van der Waals surface area contributed by atoms with Crippen LogP contribution in [0.4, 0.5) is 24.7 Å². The molecule has 2 heterocycles. The molecular formula is C17H14BrF3N4. The van der Waals surface area contributed by atoms with E-state index in [-0.39, 0.29) is 11.9 Å². The summed E-state index contributed by atoms with van der Waals surface area (Å²) in [5, 5.41) is 12.2. The zero-order valence-corrected chi connectivity index (χ0v) is 14.6. The highest BCUT2D eigenvalue weighted by Gasteiger charge is 2.36. The minimum atomic E-state index is -4.64. The van der Waals surface area contributed by atoms with Gasteiger partial charge in [0.25, 0.3) is 0 Å². The van der Waals surface area contributed by atoms with E-state index in [9.17, 15) is 13.2 Å². The lowest BCUT2D eigenvalue weighted by molar-refractivity contribution is -0.141. The number of hydrogen-bond acceptors (Lipinski definition) is 4. The fourth-order valence-corrected chi connectivity index (χ4v) is 3.23. The maximum Gasteiger partial charge on any atom is 0.434 e. The molecule has 0 aliphatic carbocycles. The van der Waals surface area contributed by atoms with Gasteiger partial charge in [0.1, 0.15) is 11.9 Å². The van der Waals surface area contributed by atoms with Crippen molar-refractivity contribution in [1.29, 1.82) is 5.26 Å². The van der Waals surface area contributed by atoms with Crippen LogP contribution in [0.2, 0.25) is 0 Å². The number of benzene rings is 1. The van der Waals surface area contributed by atoms with Gasteiger partial charge in [-0.1, -0.05) is 22.0 Å². The van der Waals surface area contributed by atoms with Crippen molar-refractivity contribution in [2.45, 2.75) is 18.6 Å². The Morgan fingerprint density at radius 1 is 1.28 bits per heavy atom. The van der Waals surface area contributed by atoms with E-state index in [0.717, 1.165) is 16.6 Å². The second kappa shape index (κ2) is 6.92. The molecule has 1 aliphatic rings. The van der Waals surface area contributed by atoms with Crippen LogP contribution in [0.3, 0.4) is 0 Å². The van der Waals surface area contributed by atoms with E-state index in [0.29, 0.717) is 13.1 Å². The standard InChI is InChI=1S/C17H14BrF3N4/c18-12-2-1-3-13(8-12)23-14-6-7-25(10-14)15-5-4-11(9-22)16(24-15)17(19,20)21/h1-5,8,14,23H,6-7,10H2. The molecule has 0 saturated carbocycles. The van der Waals surface area contributed by atoms with Crippen LogP contribution in [-0.2, 0) is 6.18 Å². The molecular weight excluding hydrogens is 397 g/mol. The number of nitriles is 1. The second-order valence-electron chi connectivity index (χ2n) is 5.76. The lowest BCUT2D eigenvalue weighted by atomic mass is 10.2. The third-order valence-corrected chi connectivity index (χ3v) is 4.47. The average Bonchev–Trinajstić information content (AvgIpc) is 3.02. The van der Waals surface area contributed by atoms with Crippen molar-refractivity contribution < 1.29 is 13.2 Å². The summed E-state index contributed by atoms with van der Waals surface area (Å²) in [5.41, 5.74) is -0.639. The molecule has 0 amide bonds. The maximum absolute atomic E-state index is 13.1. The highest BCUT2D eigenvalue weighted by atomic mass is 79.9. The molecule has 0 radical (unpaired) electrons. The summed E-state index contributed by atoms with van der Waals surface area (Å²) in [6.07, 6.45) is -3.86. The van der Waals surface area contributed by atoms with Crippen molar-refractivity contribution in [1.82, 2.24) is 4.98 Å².